The Labute approximate surface area is 49.3 Å². The molecule has 2 nitrogen and oxygen atoms in total. The minimum atomic E-state index is 1.02. The zero-order chi connectivity index (χ0) is 5.82. The van der Waals surface area contributed by atoms with Crippen molar-refractivity contribution in [1.29, 1.82) is 0 Å². The molecule has 1 radical (unpaired) electrons. The zero-order valence-corrected chi connectivity index (χ0v) is 4.89. The normalized spacial score (nSPS) is 18.6. The van der Waals surface area contributed by atoms with Crippen LogP contribution in [-0.4, -0.2) is 6.21 Å². The van der Waals surface area contributed by atoms with Crippen LogP contribution in [0.1, 0.15) is 13.3 Å². The predicted octanol–water partition coefficient (Wildman–Crippen LogP) is 1.07. The summed E-state index contributed by atoms with van der Waals surface area (Å²) in [5.41, 5.74) is 0. The van der Waals surface area contributed by atoms with E-state index in [0.29, 0.717) is 0 Å². The molecule has 0 unspecified atom stereocenters. The van der Waals surface area contributed by atoms with E-state index in [2.05, 4.69) is 17.2 Å². The maximum Gasteiger partial charge on any atom is 0.100 e. The minimum absolute atomic E-state index is 1.02. The lowest BCUT2D eigenvalue weighted by atomic mass is 10.2. The number of nitrogens with one attached hydrogen (secondary N) is 1. The highest BCUT2D eigenvalue weighted by atomic mass is 14.9. The van der Waals surface area contributed by atoms with Gasteiger partial charge in [0, 0.05) is 18.6 Å². The molecule has 2 heteroatoms. The third-order valence-corrected chi connectivity index (χ3v) is 1.04. The van der Waals surface area contributed by atoms with Crippen molar-refractivity contribution >= 4 is 6.21 Å². The van der Waals surface area contributed by atoms with Gasteiger partial charge in [-0.1, -0.05) is 6.92 Å². The van der Waals surface area contributed by atoms with E-state index in [1.807, 2.05) is 12.4 Å². The molecule has 8 heavy (non-hydrogen) atoms. The Morgan fingerprint density at radius 1 is 1.75 bits per heavy atom. The van der Waals surface area contributed by atoms with Crippen molar-refractivity contribution in [3.8, 4) is 0 Å². The molecule has 0 aliphatic carbocycles. The lowest BCUT2D eigenvalue weighted by Gasteiger charge is -2.09. The van der Waals surface area contributed by atoms with Crippen molar-refractivity contribution in [3.63, 3.8) is 0 Å². The Bertz CT molecular complexity index is 116. The van der Waals surface area contributed by atoms with Crippen LogP contribution in [0.25, 0.3) is 0 Å². The molecule has 43 valence electrons. The molecule has 1 aliphatic heterocycles. The van der Waals surface area contributed by atoms with Crippen molar-refractivity contribution in [2.24, 2.45) is 4.99 Å². The first-order chi connectivity index (χ1) is 3.93. The molecule has 0 fully saturated rings. The molecule has 1 N–H and O–H groups in total. The molecule has 0 saturated carbocycles. The molecule has 1 rings (SSSR count). The Morgan fingerprint density at radius 2 is 2.62 bits per heavy atom. The standard InChI is InChI=1S/C6H9N2/c1-2-6-5-7-3-4-8-6/h3-5,8H,2H2,1H3. The summed E-state index contributed by atoms with van der Waals surface area (Å²) in [6.07, 6.45) is 6.42. The van der Waals surface area contributed by atoms with Gasteiger partial charge in [-0.25, -0.2) is 0 Å². The smallest absolute Gasteiger partial charge is 0.100 e. The van der Waals surface area contributed by atoms with Crippen LogP contribution < -0.4 is 5.32 Å². The monoisotopic (exact) mass is 109 g/mol. The van der Waals surface area contributed by atoms with E-state index in [9.17, 15) is 0 Å². The molecule has 0 bridgehead atoms. The van der Waals surface area contributed by atoms with Gasteiger partial charge in [0.1, 0.15) is 6.04 Å². The molecule has 0 amide bonds. The molecule has 0 atom stereocenters. The SMILES string of the molecule is CC[C]1C=NC=CN1. The van der Waals surface area contributed by atoms with Crippen molar-refractivity contribution in [1.82, 2.24) is 5.32 Å². The second kappa shape index (κ2) is 2.50. The molecule has 0 saturated heterocycles. The summed E-state index contributed by atoms with van der Waals surface area (Å²) in [6.45, 7) is 2.09. The molecule has 0 aromatic heterocycles. The van der Waals surface area contributed by atoms with Crippen LogP contribution in [0.4, 0.5) is 0 Å². The average Bonchev–Trinajstić information content (AvgIpc) is 1.90. The van der Waals surface area contributed by atoms with E-state index in [-0.39, 0.29) is 0 Å². The highest BCUT2D eigenvalue weighted by Gasteiger charge is 1.99. The minimum Gasteiger partial charge on any atom is -0.377 e. The van der Waals surface area contributed by atoms with Crippen LogP contribution in [0.15, 0.2) is 17.4 Å². The van der Waals surface area contributed by atoms with Crippen molar-refractivity contribution < 1.29 is 0 Å². The molecule has 1 aliphatic rings. The van der Waals surface area contributed by atoms with E-state index in [0.717, 1.165) is 6.42 Å². The largest absolute Gasteiger partial charge is 0.377 e. The number of hydrogen-bond acceptors (Lipinski definition) is 2. The van der Waals surface area contributed by atoms with Crippen molar-refractivity contribution in [3.05, 3.63) is 18.4 Å². The third kappa shape index (κ3) is 1.09. The Morgan fingerprint density at radius 3 is 3.00 bits per heavy atom. The maximum atomic E-state index is 3.92. The van der Waals surface area contributed by atoms with Gasteiger partial charge in [0.05, 0.1) is 0 Å². The van der Waals surface area contributed by atoms with E-state index < -0.39 is 0 Å². The second-order valence-electron chi connectivity index (χ2n) is 1.62. The molecular formula is C6H9N2. The third-order valence-electron chi connectivity index (χ3n) is 1.04. The van der Waals surface area contributed by atoms with Crippen LogP contribution in [0.5, 0.6) is 0 Å². The van der Waals surface area contributed by atoms with Gasteiger partial charge in [0.15, 0.2) is 0 Å². The van der Waals surface area contributed by atoms with Gasteiger partial charge in [0.2, 0.25) is 0 Å². The van der Waals surface area contributed by atoms with Gasteiger partial charge in [0.25, 0.3) is 0 Å². The molecule has 1 heterocycles. The van der Waals surface area contributed by atoms with Gasteiger partial charge < -0.3 is 5.32 Å². The average molecular weight is 109 g/mol. The summed E-state index contributed by atoms with van der Waals surface area (Å²) in [5, 5.41) is 3.06. The summed E-state index contributed by atoms with van der Waals surface area (Å²) in [4.78, 5) is 3.92. The molecule has 0 aromatic rings. The molecule has 0 spiro atoms. The maximum absolute atomic E-state index is 3.92. The van der Waals surface area contributed by atoms with Crippen LogP contribution in [0.2, 0.25) is 0 Å². The predicted molar refractivity (Wildman–Crippen MR) is 34.3 cm³/mol. The first-order valence-electron chi connectivity index (χ1n) is 2.74. The van der Waals surface area contributed by atoms with Crippen molar-refractivity contribution in [2.75, 3.05) is 0 Å². The van der Waals surface area contributed by atoms with E-state index >= 15 is 0 Å². The highest BCUT2D eigenvalue weighted by molar-refractivity contribution is 5.75. The van der Waals surface area contributed by atoms with Gasteiger partial charge in [-0.15, -0.1) is 0 Å². The lowest BCUT2D eigenvalue weighted by molar-refractivity contribution is 0.859. The summed E-state index contributed by atoms with van der Waals surface area (Å²) in [7, 11) is 0. The van der Waals surface area contributed by atoms with E-state index in [1.165, 1.54) is 6.04 Å². The number of rotatable bonds is 1. The van der Waals surface area contributed by atoms with Gasteiger partial charge in [-0.2, -0.15) is 0 Å². The number of aliphatic imine (C=N–C) groups is 1. The van der Waals surface area contributed by atoms with Crippen LogP contribution >= 0.6 is 0 Å². The summed E-state index contributed by atoms with van der Waals surface area (Å²) in [5.74, 6) is 0. The van der Waals surface area contributed by atoms with Crippen LogP contribution in [0, 0.1) is 6.04 Å². The fraction of sp³-hybridized carbons (Fsp3) is 0.333. The quantitative estimate of drug-likeness (QED) is 0.535. The summed E-state index contributed by atoms with van der Waals surface area (Å²) >= 11 is 0. The topological polar surface area (TPSA) is 24.4 Å². The van der Waals surface area contributed by atoms with Crippen LogP contribution in [-0.2, 0) is 0 Å². The fourth-order valence-electron chi connectivity index (χ4n) is 0.551. The number of nitrogens with zero attached hydrogens (tertiary/aromatic N) is 1. The Hall–Kier alpha value is -0.790. The Kier molecular flexibility index (Phi) is 1.67. The first kappa shape index (κ1) is 5.35. The van der Waals surface area contributed by atoms with Gasteiger partial charge >= 0.3 is 0 Å². The van der Waals surface area contributed by atoms with Gasteiger partial charge in [-0.3, -0.25) is 4.99 Å². The second-order valence-corrected chi connectivity index (χ2v) is 1.62. The summed E-state index contributed by atoms with van der Waals surface area (Å²) in [6, 6.07) is 1.17. The van der Waals surface area contributed by atoms with Crippen molar-refractivity contribution in [2.45, 2.75) is 13.3 Å². The van der Waals surface area contributed by atoms with Crippen LogP contribution in [0.3, 0.4) is 0 Å². The fourth-order valence-corrected chi connectivity index (χ4v) is 0.551. The summed E-state index contributed by atoms with van der Waals surface area (Å²) < 4.78 is 0. The molecule has 0 aromatic carbocycles. The van der Waals surface area contributed by atoms with Gasteiger partial charge in [-0.05, 0) is 6.42 Å². The van der Waals surface area contributed by atoms with E-state index in [4.69, 9.17) is 0 Å². The van der Waals surface area contributed by atoms with E-state index in [1.54, 1.807) is 6.20 Å². The zero-order valence-electron chi connectivity index (χ0n) is 4.89. The number of hydrogen-bond donors (Lipinski definition) is 1. The Balaban J connectivity index is 2.40. The lowest BCUT2D eigenvalue weighted by Crippen LogP contribution is -2.17. The highest BCUT2D eigenvalue weighted by Crippen LogP contribution is 1.99. The molecular weight excluding hydrogens is 100 g/mol. The first-order valence-corrected chi connectivity index (χ1v) is 2.74.